The first-order chi connectivity index (χ1) is 2.73. The normalized spacial score (nSPS) is 5.50. The van der Waals surface area contributed by atoms with E-state index in [4.69, 9.17) is 30.8 Å². The van der Waals surface area contributed by atoms with Crippen LogP contribution in [0.15, 0.2) is 0 Å². The summed E-state index contributed by atoms with van der Waals surface area (Å²) >= 11 is -2.22. The van der Waals surface area contributed by atoms with Crippen LogP contribution in [-0.4, -0.2) is 30.1 Å². The molecule has 0 saturated carbocycles. The number of hydrogen-bond acceptors (Lipinski definition) is 1. The van der Waals surface area contributed by atoms with Crippen LogP contribution in [0.3, 0.4) is 0 Å². The average Bonchev–Trinajstić information content (AvgIpc) is 1.41. The van der Waals surface area contributed by atoms with E-state index < -0.39 is 17.9 Å². The summed E-state index contributed by atoms with van der Waals surface area (Å²) in [6.07, 6.45) is 0. The fourth-order valence-electron chi connectivity index (χ4n) is 0. The third-order valence-electron chi connectivity index (χ3n) is 0. The molecule has 1 nitrogen and oxygen atoms in total. The van der Waals surface area contributed by atoms with Crippen molar-refractivity contribution in [3.8, 4) is 0 Å². The molecule has 0 aromatic carbocycles. The van der Waals surface area contributed by atoms with Gasteiger partial charge in [0.05, 0.1) is 0 Å². The molecule has 0 unspecified atom stereocenters. The Balaban J connectivity index is 0. The third kappa shape index (κ3) is 43.6. The molecule has 0 amide bonds. The van der Waals surface area contributed by atoms with Crippen molar-refractivity contribution >= 4 is 43.6 Å². The van der Waals surface area contributed by atoms with Crippen molar-refractivity contribution in [2.45, 2.75) is 0 Å². The van der Waals surface area contributed by atoms with Crippen LogP contribution in [-0.2, 0) is 0 Å². The number of halogens is 3. The standard InChI is InChI=1S/CH4O.3ClH.In/c1-2;;;;/h2H,1H3;3*1H;/q;;;;+3/p-3. The van der Waals surface area contributed by atoms with Gasteiger partial charge in [-0.05, 0) is 0 Å². The zero-order valence-electron chi connectivity index (χ0n) is 3.16. The average molecular weight is 253 g/mol. The van der Waals surface area contributed by atoms with Crippen LogP contribution < -0.4 is 0 Å². The Morgan fingerprint density at radius 1 is 1.17 bits per heavy atom. The van der Waals surface area contributed by atoms with Crippen LogP contribution in [0.5, 0.6) is 0 Å². The molecule has 0 saturated heterocycles. The molecule has 0 radical (unpaired) electrons. The van der Waals surface area contributed by atoms with E-state index in [-0.39, 0.29) is 0 Å². The van der Waals surface area contributed by atoms with Crippen molar-refractivity contribution in [3.05, 3.63) is 0 Å². The van der Waals surface area contributed by atoms with Gasteiger partial charge in [0.1, 0.15) is 0 Å². The predicted molar refractivity (Wildman–Crippen MR) is 31.5 cm³/mol. The predicted octanol–water partition coefficient (Wildman–Crippen LogP) is 1.30. The van der Waals surface area contributed by atoms with Gasteiger partial charge in [0, 0.05) is 7.11 Å². The van der Waals surface area contributed by atoms with E-state index in [1.165, 1.54) is 0 Å². The van der Waals surface area contributed by atoms with E-state index in [0.717, 1.165) is 7.11 Å². The Morgan fingerprint density at radius 3 is 1.17 bits per heavy atom. The van der Waals surface area contributed by atoms with Gasteiger partial charge in [-0.1, -0.05) is 0 Å². The minimum absolute atomic E-state index is 1.00. The summed E-state index contributed by atoms with van der Waals surface area (Å²) in [5.74, 6) is 0. The first-order valence-electron chi connectivity index (χ1n) is 1.10. The molecule has 0 rings (SSSR count). The van der Waals surface area contributed by atoms with Crippen LogP contribution >= 0.6 is 25.7 Å². The van der Waals surface area contributed by atoms with Crippen molar-refractivity contribution in [3.63, 3.8) is 0 Å². The molecule has 0 aliphatic heterocycles. The summed E-state index contributed by atoms with van der Waals surface area (Å²) in [7, 11) is 16.0. The number of aliphatic hydroxyl groups excluding tert-OH is 1. The minimum atomic E-state index is -2.22. The first kappa shape index (κ1) is 10.6. The zero-order valence-corrected chi connectivity index (χ0v) is 8.72. The summed E-state index contributed by atoms with van der Waals surface area (Å²) in [5, 5.41) is 7.00. The molecule has 0 aromatic heterocycles. The number of hydrogen-bond donors (Lipinski definition) is 1. The Kier molecular flexibility index (Phi) is 17.5. The molecule has 38 valence electrons. The fraction of sp³-hybridized carbons (Fsp3) is 1.00. The molecule has 1 N–H and O–H groups in total. The molecule has 5 heteroatoms. The molecule has 0 aliphatic carbocycles. The van der Waals surface area contributed by atoms with Gasteiger partial charge in [0.15, 0.2) is 0 Å². The molecule has 0 bridgehead atoms. The van der Waals surface area contributed by atoms with E-state index in [2.05, 4.69) is 0 Å². The molecule has 0 aromatic rings. The van der Waals surface area contributed by atoms with Gasteiger partial charge < -0.3 is 5.11 Å². The summed E-state index contributed by atoms with van der Waals surface area (Å²) < 4.78 is 0. The Bertz CT molecular complexity index is 15.5. The van der Waals surface area contributed by atoms with E-state index in [1.807, 2.05) is 0 Å². The molecule has 0 spiro atoms. The SMILES string of the molecule is CO.[Cl][In]([Cl])[Cl]. The Labute approximate surface area is 55.5 Å². The van der Waals surface area contributed by atoms with Gasteiger partial charge in [-0.25, -0.2) is 0 Å². The van der Waals surface area contributed by atoms with Gasteiger partial charge in [-0.3, -0.25) is 0 Å². The second-order valence-electron chi connectivity index (χ2n) is 0.247. The summed E-state index contributed by atoms with van der Waals surface area (Å²) in [4.78, 5) is 0. The van der Waals surface area contributed by atoms with Crippen LogP contribution in [0, 0.1) is 0 Å². The van der Waals surface area contributed by atoms with Gasteiger partial charge in [0.25, 0.3) is 0 Å². The molecule has 0 fully saturated rings. The van der Waals surface area contributed by atoms with Crippen LogP contribution in [0.4, 0.5) is 0 Å². The first-order valence-corrected chi connectivity index (χ1v) is 13.6. The summed E-state index contributed by atoms with van der Waals surface area (Å²) in [6, 6.07) is 0. The van der Waals surface area contributed by atoms with Crippen LogP contribution in [0.25, 0.3) is 0 Å². The molecule has 0 heterocycles. The second-order valence-corrected chi connectivity index (χ2v) is 14.9. The summed E-state index contributed by atoms with van der Waals surface area (Å²) in [5.41, 5.74) is 0. The van der Waals surface area contributed by atoms with Gasteiger partial charge in [-0.2, -0.15) is 0 Å². The third-order valence-corrected chi connectivity index (χ3v) is 0. The van der Waals surface area contributed by atoms with Gasteiger partial charge >= 0.3 is 43.6 Å². The Morgan fingerprint density at radius 2 is 1.17 bits per heavy atom. The van der Waals surface area contributed by atoms with Crippen molar-refractivity contribution in [2.24, 2.45) is 0 Å². The van der Waals surface area contributed by atoms with Gasteiger partial charge in [-0.15, -0.1) is 0 Å². The fourth-order valence-corrected chi connectivity index (χ4v) is 0. The van der Waals surface area contributed by atoms with Crippen molar-refractivity contribution in [2.75, 3.05) is 7.11 Å². The van der Waals surface area contributed by atoms with E-state index in [0.29, 0.717) is 0 Å². The topological polar surface area (TPSA) is 20.2 Å². The second kappa shape index (κ2) is 9.85. The van der Waals surface area contributed by atoms with Crippen LogP contribution in [0.1, 0.15) is 0 Å². The van der Waals surface area contributed by atoms with Crippen molar-refractivity contribution in [1.29, 1.82) is 0 Å². The van der Waals surface area contributed by atoms with E-state index in [1.54, 1.807) is 0 Å². The molecule has 0 aliphatic rings. The molecular weight excluding hydrogens is 249 g/mol. The monoisotopic (exact) mass is 252 g/mol. The van der Waals surface area contributed by atoms with Crippen LogP contribution in [0.2, 0.25) is 0 Å². The van der Waals surface area contributed by atoms with Crippen molar-refractivity contribution < 1.29 is 5.11 Å². The van der Waals surface area contributed by atoms with Crippen molar-refractivity contribution in [1.82, 2.24) is 0 Å². The zero-order chi connectivity index (χ0) is 5.58. The number of rotatable bonds is 0. The van der Waals surface area contributed by atoms with Gasteiger partial charge in [0.2, 0.25) is 0 Å². The molecule has 0 atom stereocenters. The van der Waals surface area contributed by atoms with E-state index >= 15 is 0 Å². The number of aliphatic hydroxyl groups is 1. The summed E-state index contributed by atoms with van der Waals surface area (Å²) in [6.45, 7) is 0. The Hall–Kier alpha value is 1.70. The van der Waals surface area contributed by atoms with E-state index in [9.17, 15) is 0 Å². The molecular formula is CH4Cl3InO. The maximum absolute atomic E-state index is 7.00. The maximum atomic E-state index is 7.00. The quantitative estimate of drug-likeness (QED) is 0.690. The molecule has 6 heavy (non-hydrogen) atoms.